The molecule has 2 aliphatic rings. The van der Waals surface area contributed by atoms with Crippen molar-refractivity contribution in [2.24, 2.45) is 5.92 Å². The Kier molecular flexibility index (Phi) is 4.81. The van der Waals surface area contributed by atoms with Crippen LogP contribution in [-0.2, 0) is 20.7 Å². The summed E-state index contributed by atoms with van der Waals surface area (Å²) in [6.07, 6.45) is 0.674. The second kappa shape index (κ2) is 7.00. The molecule has 2 heterocycles. The lowest BCUT2D eigenvalue weighted by molar-refractivity contribution is -0.148. The van der Waals surface area contributed by atoms with Crippen molar-refractivity contribution in [1.29, 1.82) is 0 Å². The number of hydrogen-bond donors (Lipinski definition) is 0. The fourth-order valence-electron chi connectivity index (χ4n) is 3.08. The van der Waals surface area contributed by atoms with Crippen LogP contribution in [0.15, 0.2) is 24.3 Å². The zero-order chi connectivity index (χ0) is 16.2. The Morgan fingerprint density at radius 3 is 2.96 bits per heavy atom. The van der Waals surface area contributed by atoms with Gasteiger partial charge in [0.1, 0.15) is 12.4 Å². The molecular formula is C17H22N2O4. The van der Waals surface area contributed by atoms with Gasteiger partial charge in [-0.3, -0.25) is 9.59 Å². The highest BCUT2D eigenvalue weighted by Crippen LogP contribution is 2.27. The molecule has 1 fully saturated rings. The average Bonchev–Trinajstić information content (AvgIpc) is 2.59. The largest absolute Gasteiger partial charge is 0.492 e. The lowest BCUT2D eigenvalue weighted by atomic mass is 9.95. The molecule has 3 rings (SSSR count). The smallest absolute Gasteiger partial charge is 0.242 e. The van der Waals surface area contributed by atoms with Crippen molar-refractivity contribution in [2.75, 3.05) is 46.5 Å². The number of rotatable bonds is 4. The second-order valence-electron chi connectivity index (χ2n) is 5.95. The van der Waals surface area contributed by atoms with Crippen LogP contribution in [0, 0.1) is 5.92 Å². The Bertz CT molecular complexity index is 590. The summed E-state index contributed by atoms with van der Waals surface area (Å²) in [5, 5.41) is 0. The number of amides is 2. The molecule has 124 valence electrons. The summed E-state index contributed by atoms with van der Waals surface area (Å²) in [5.74, 6) is 0.651. The van der Waals surface area contributed by atoms with E-state index in [4.69, 9.17) is 9.47 Å². The first-order chi connectivity index (χ1) is 11.2. The van der Waals surface area contributed by atoms with Gasteiger partial charge < -0.3 is 19.3 Å². The van der Waals surface area contributed by atoms with Crippen LogP contribution in [0.1, 0.15) is 5.56 Å². The van der Waals surface area contributed by atoms with Gasteiger partial charge in [0.2, 0.25) is 11.8 Å². The standard InChI is InChI=1S/C17H22N2O4/c1-22-9-8-18-6-7-19(11-16(18)20)17(21)14-10-13-4-2-3-5-15(13)23-12-14/h2-5,14H,6-12H2,1H3/t14-/m0/s1. The van der Waals surface area contributed by atoms with E-state index in [9.17, 15) is 9.59 Å². The number of nitrogens with zero attached hydrogens (tertiary/aromatic N) is 2. The normalized spacial score (nSPS) is 20.9. The maximum Gasteiger partial charge on any atom is 0.242 e. The van der Waals surface area contributed by atoms with Crippen LogP contribution in [0.4, 0.5) is 0 Å². The van der Waals surface area contributed by atoms with Gasteiger partial charge >= 0.3 is 0 Å². The van der Waals surface area contributed by atoms with E-state index in [1.165, 1.54) is 0 Å². The van der Waals surface area contributed by atoms with Crippen LogP contribution >= 0.6 is 0 Å². The van der Waals surface area contributed by atoms with Gasteiger partial charge in [-0.1, -0.05) is 18.2 Å². The Labute approximate surface area is 136 Å². The van der Waals surface area contributed by atoms with Gasteiger partial charge in [-0.2, -0.15) is 0 Å². The van der Waals surface area contributed by atoms with Gasteiger partial charge in [-0.25, -0.2) is 0 Å². The third-order valence-electron chi connectivity index (χ3n) is 4.42. The molecule has 2 amide bonds. The number of benzene rings is 1. The van der Waals surface area contributed by atoms with Crippen molar-refractivity contribution in [1.82, 2.24) is 9.80 Å². The van der Waals surface area contributed by atoms with Crippen molar-refractivity contribution in [3.63, 3.8) is 0 Å². The zero-order valence-corrected chi connectivity index (χ0v) is 13.4. The van der Waals surface area contributed by atoms with Crippen LogP contribution < -0.4 is 4.74 Å². The summed E-state index contributed by atoms with van der Waals surface area (Å²) in [7, 11) is 1.62. The van der Waals surface area contributed by atoms with Gasteiger partial charge in [0.25, 0.3) is 0 Å². The summed E-state index contributed by atoms with van der Waals surface area (Å²) in [4.78, 5) is 28.2. The molecule has 1 atom stereocenters. The predicted molar refractivity (Wildman–Crippen MR) is 84.2 cm³/mol. The Morgan fingerprint density at radius 2 is 2.17 bits per heavy atom. The van der Waals surface area contributed by atoms with E-state index in [0.29, 0.717) is 39.3 Å². The van der Waals surface area contributed by atoms with Gasteiger partial charge in [-0.15, -0.1) is 0 Å². The number of piperazine rings is 1. The monoisotopic (exact) mass is 318 g/mol. The van der Waals surface area contributed by atoms with E-state index >= 15 is 0 Å². The maximum absolute atomic E-state index is 12.7. The number of hydrogen-bond acceptors (Lipinski definition) is 4. The van der Waals surface area contributed by atoms with E-state index in [-0.39, 0.29) is 24.3 Å². The maximum atomic E-state index is 12.7. The van der Waals surface area contributed by atoms with Crippen molar-refractivity contribution in [3.05, 3.63) is 29.8 Å². The van der Waals surface area contributed by atoms with Crippen LogP contribution in [0.3, 0.4) is 0 Å². The summed E-state index contributed by atoms with van der Waals surface area (Å²) in [5.41, 5.74) is 1.06. The molecule has 0 aliphatic carbocycles. The molecular weight excluding hydrogens is 296 g/mol. The number of carbonyl (C=O) groups excluding carboxylic acids is 2. The molecule has 0 spiro atoms. The van der Waals surface area contributed by atoms with E-state index in [1.807, 2.05) is 24.3 Å². The van der Waals surface area contributed by atoms with Crippen molar-refractivity contribution >= 4 is 11.8 Å². The third-order valence-corrected chi connectivity index (χ3v) is 4.42. The lowest BCUT2D eigenvalue weighted by Crippen LogP contribution is -2.55. The molecule has 0 aromatic heterocycles. The molecule has 0 radical (unpaired) electrons. The first-order valence-electron chi connectivity index (χ1n) is 7.95. The summed E-state index contributed by atoms with van der Waals surface area (Å²) in [6.45, 7) is 2.78. The number of carbonyl (C=O) groups is 2. The minimum atomic E-state index is -0.205. The van der Waals surface area contributed by atoms with E-state index in [1.54, 1.807) is 16.9 Å². The highest BCUT2D eigenvalue weighted by atomic mass is 16.5. The Hall–Kier alpha value is -2.08. The first kappa shape index (κ1) is 15.8. The van der Waals surface area contributed by atoms with E-state index in [2.05, 4.69) is 0 Å². The van der Waals surface area contributed by atoms with Crippen LogP contribution in [-0.4, -0.2) is 68.1 Å². The topological polar surface area (TPSA) is 59.1 Å². The van der Waals surface area contributed by atoms with E-state index in [0.717, 1.165) is 11.3 Å². The number of para-hydroxylation sites is 1. The van der Waals surface area contributed by atoms with Crippen molar-refractivity contribution < 1.29 is 19.1 Å². The molecule has 0 bridgehead atoms. The fourth-order valence-corrected chi connectivity index (χ4v) is 3.08. The molecule has 1 aromatic rings. The van der Waals surface area contributed by atoms with Gasteiger partial charge in [0, 0.05) is 26.7 Å². The second-order valence-corrected chi connectivity index (χ2v) is 5.95. The third kappa shape index (κ3) is 3.47. The van der Waals surface area contributed by atoms with Gasteiger partial charge in [-0.05, 0) is 18.1 Å². The molecule has 6 nitrogen and oxygen atoms in total. The predicted octanol–water partition coefficient (Wildman–Crippen LogP) is 0.555. The quantitative estimate of drug-likeness (QED) is 0.814. The molecule has 6 heteroatoms. The number of ether oxygens (including phenoxy) is 2. The molecule has 0 saturated carbocycles. The molecule has 0 unspecified atom stereocenters. The highest BCUT2D eigenvalue weighted by Gasteiger charge is 2.33. The van der Waals surface area contributed by atoms with Crippen LogP contribution in [0.2, 0.25) is 0 Å². The fraction of sp³-hybridized carbons (Fsp3) is 0.529. The first-order valence-corrected chi connectivity index (χ1v) is 7.95. The summed E-state index contributed by atoms with van der Waals surface area (Å²) >= 11 is 0. The van der Waals surface area contributed by atoms with Crippen molar-refractivity contribution in [3.8, 4) is 5.75 Å². The van der Waals surface area contributed by atoms with Crippen LogP contribution in [0.5, 0.6) is 5.75 Å². The molecule has 1 aromatic carbocycles. The van der Waals surface area contributed by atoms with Crippen LogP contribution in [0.25, 0.3) is 0 Å². The van der Waals surface area contributed by atoms with Gasteiger partial charge in [0.15, 0.2) is 0 Å². The SMILES string of the molecule is COCCN1CCN(C(=O)[C@@H]2COc3ccccc3C2)CC1=O. The number of fused-ring (bicyclic) bond motifs is 1. The molecule has 2 aliphatic heterocycles. The Morgan fingerprint density at radius 1 is 1.35 bits per heavy atom. The highest BCUT2D eigenvalue weighted by molar-refractivity contribution is 5.87. The van der Waals surface area contributed by atoms with Gasteiger partial charge in [0.05, 0.1) is 19.1 Å². The lowest BCUT2D eigenvalue weighted by Gasteiger charge is -2.36. The molecule has 1 saturated heterocycles. The average molecular weight is 318 g/mol. The minimum absolute atomic E-state index is 0.0132. The molecule has 0 N–H and O–H groups in total. The van der Waals surface area contributed by atoms with E-state index < -0.39 is 0 Å². The van der Waals surface area contributed by atoms with Crippen molar-refractivity contribution in [2.45, 2.75) is 6.42 Å². The molecule has 23 heavy (non-hydrogen) atoms. The summed E-state index contributed by atoms with van der Waals surface area (Å²) < 4.78 is 10.7. The number of methoxy groups -OCH3 is 1. The summed E-state index contributed by atoms with van der Waals surface area (Å²) in [6, 6.07) is 7.79. The zero-order valence-electron chi connectivity index (χ0n) is 13.4. The Balaban J connectivity index is 1.59. The minimum Gasteiger partial charge on any atom is -0.492 e.